The van der Waals surface area contributed by atoms with E-state index in [1.807, 2.05) is 6.08 Å². The third-order valence-electron chi connectivity index (χ3n) is 2.00. The number of alkyl halides is 2. The van der Waals surface area contributed by atoms with Gasteiger partial charge in [0.05, 0.1) is 0 Å². The molecule has 44 valence electrons. The van der Waals surface area contributed by atoms with Gasteiger partial charge in [-0.1, -0.05) is 12.2 Å². The minimum atomic E-state index is -1.01. The Hall–Kier alpha value is 0.150. The van der Waals surface area contributed by atoms with Gasteiger partial charge in [0, 0.05) is 11.8 Å². The molecule has 0 N–H and O–H groups in total. The fourth-order valence-corrected chi connectivity index (χ4v) is 2.17. The van der Waals surface area contributed by atoms with Crippen molar-refractivity contribution in [2.75, 3.05) is 0 Å². The fraction of sp³-hybridized carbons (Fsp3) is 0.667. The van der Waals surface area contributed by atoms with Crippen LogP contribution < -0.4 is 0 Å². The maximum absolute atomic E-state index is 12.8. The van der Waals surface area contributed by atoms with Crippen molar-refractivity contribution in [2.24, 2.45) is 11.8 Å². The summed E-state index contributed by atoms with van der Waals surface area (Å²) in [6, 6.07) is 0. The zero-order chi connectivity index (χ0) is 5.78. The smallest absolute Gasteiger partial charge is 0.175 e. The predicted molar refractivity (Wildman–Crippen MR) is 33.5 cm³/mol. The molecule has 0 amide bonds. The monoisotopic (exact) mass is 176 g/mol. The molecule has 0 spiro atoms. The van der Waals surface area contributed by atoms with E-state index in [4.69, 9.17) is 0 Å². The van der Waals surface area contributed by atoms with Crippen molar-refractivity contribution in [3.8, 4) is 0 Å². The first kappa shape index (κ1) is 4.98. The molecule has 0 saturated heterocycles. The summed E-state index contributed by atoms with van der Waals surface area (Å²) < 4.78 is 11.8. The number of hydrogen-bond acceptors (Lipinski definition) is 0. The first-order valence-electron chi connectivity index (χ1n) is 2.77. The summed E-state index contributed by atoms with van der Waals surface area (Å²) >= 11 is 3.01. The van der Waals surface area contributed by atoms with Gasteiger partial charge in [0.1, 0.15) is 0 Å². The van der Waals surface area contributed by atoms with E-state index in [1.165, 1.54) is 0 Å². The van der Waals surface area contributed by atoms with Crippen LogP contribution in [0.4, 0.5) is 4.39 Å². The summed E-state index contributed by atoms with van der Waals surface area (Å²) in [5.41, 5.74) is 0. The molecule has 0 nitrogen and oxygen atoms in total. The van der Waals surface area contributed by atoms with E-state index in [-0.39, 0.29) is 11.8 Å². The van der Waals surface area contributed by atoms with Crippen LogP contribution >= 0.6 is 15.9 Å². The molecule has 0 radical (unpaired) electrons. The van der Waals surface area contributed by atoms with Crippen LogP contribution in [0.2, 0.25) is 0 Å². The van der Waals surface area contributed by atoms with E-state index in [0.717, 1.165) is 6.42 Å². The third-order valence-corrected chi connectivity index (χ3v) is 3.11. The summed E-state index contributed by atoms with van der Waals surface area (Å²) in [5, 5.41) is 0. The van der Waals surface area contributed by atoms with E-state index in [2.05, 4.69) is 22.0 Å². The molecule has 2 aliphatic rings. The van der Waals surface area contributed by atoms with Gasteiger partial charge in [-0.25, -0.2) is 4.39 Å². The molecule has 2 heteroatoms. The maximum atomic E-state index is 12.8. The molecular weight excluding hydrogens is 171 g/mol. The van der Waals surface area contributed by atoms with Gasteiger partial charge in [0.15, 0.2) is 4.58 Å². The molecular formula is C6H6BrF. The molecule has 1 fully saturated rings. The zero-order valence-electron chi connectivity index (χ0n) is 4.27. The summed E-state index contributed by atoms with van der Waals surface area (Å²) in [7, 11) is 0. The van der Waals surface area contributed by atoms with Crippen molar-refractivity contribution in [3.05, 3.63) is 12.2 Å². The molecule has 3 atom stereocenters. The highest BCUT2D eigenvalue weighted by Crippen LogP contribution is 2.63. The molecule has 0 unspecified atom stereocenters. The molecule has 0 aliphatic heterocycles. The van der Waals surface area contributed by atoms with Crippen molar-refractivity contribution in [3.63, 3.8) is 0 Å². The van der Waals surface area contributed by atoms with Crippen molar-refractivity contribution in [1.82, 2.24) is 0 Å². The fourth-order valence-electron chi connectivity index (χ4n) is 1.35. The van der Waals surface area contributed by atoms with Crippen molar-refractivity contribution in [2.45, 2.75) is 11.0 Å². The Bertz CT molecular complexity index is 151. The lowest BCUT2D eigenvalue weighted by molar-refractivity contribution is 0.402. The van der Waals surface area contributed by atoms with E-state index >= 15 is 0 Å². The van der Waals surface area contributed by atoms with Crippen LogP contribution in [0.5, 0.6) is 0 Å². The van der Waals surface area contributed by atoms with Gasteiger partial charge in [-0.15, -0.1) is 0 Å². The van der Waals surface area contributed by atoms with Crippen LogP contribution in [-0.2, 0) is 0 Å². The summed E-state index contributed by atoms with van der Waals surface area (Å²) in [5.74, 6) is 0.463. The second-order valence-corrected chi connectivity index (χ2v) is 3.69. The van der Waals surface area contributed by atoms with Gasteiger partial charge < -0.3 is 0 Å². The Morgan fingerprint density at radius 3 is 2.75 bits per heavy atom. The molecule has 2 aliphatic carbocycles. The number of fused-ring (bicyclic) bond motifs is 1. The van der Waals surface area contributed by atoms with E-state index in [1.54, 1.807) is 0 Å². The van der Waals surface area contributed by atoms with Gasteiger partial charge in [0.2, 0.25) is 0 Å². The number of halogens is 2. The first-order valence-corrected chi connectivity index (χ1v) is 3.56. The SMILES string of the molecule is F[C@]1(Br)[C@@H]2C=CC[C@@H]21. The summed E-state index contributed by atoms with van der Waals surface area (Å²) in [6.45, 7) is 0. The van der Waals surface area contributed by atoms with Crippen LogP contribution in [0.3, 0.4) is 0 Å². The second kappa shape index (κ2) is 1.18. The van der Waals surface area contributed by atoms with E-state index in [0.29, 0.717) is 0 Å². The molecule has 0 aromatic carbocycles. The van der Waals surface area contributed by atoms with Crippen molar-refractivity contribution >= 4 is 15.9 Å². The Morgan fingerprint density at radius 1 is 1.75 bits per heavy atom. The molecule has 0 aromatic rings. The third kappa shape index (κ3) is 0.402. The van der Waals surface area contributed by atoms with Crippen LogP contribution in [-0.4, -0.2) is 4.58 Å². The first-order chi connectivity index (χ1) is 3.73. The lowest BCUT2D eigenvalue weighted by Crippen LogP contribution is -1.91. The summed E-state index contributed by atoms with van der Waals surface area (Å²) in [6.07, 6.45) is 4.93. The highest BCUT2D eigenvalue weighted by molar-refractivity contribution is 9.10. The largest absolute Gasteiger partial charge is 0.230 e. The average molecular weight is 177 g/mol. The van der Waals surface area contributed by atoms with Crippen LogP contribution in [0, 0.1) is 11.8 Å². The Kier molecular flexibility index (Phi) is 0.733. The van der Waals surface area contributed by atoms with E-state index in [9.17, 15) is 4.39 Å². The highest BCUT2D eigenvalue weighted by atomic mass is 79.9. The lowest BCUT2D eigenvalue weighted by atomic mass is 10.3. The topological polar surface area (TPSA) is 0 Å². The van der Waals surface area contributed by atoms with Gasteiger partial charge in [-0.2, -0.15) is 0 Å². The standard InChI is InChI=1S/C6H6BrF/c7-6(8)4-2-1-3-5(4)6/h1-2,4-5H,3H2/t4-,5+,6-/m1/s1. The van der Waals surface area contributed by atoms with Gasteiger partial charge in [-0.05, 0) is 22.4 Å². The minimum absolute atomic E-state index is 0.197. The normalized spacial score (nSPS) is 58.8. The minimum Gasteiger partial charge on any atom is -0.230 e. The van der Waals surface area contributed by atoms with Crippen LogP contribution in [0.1, 0.15) is 6.42 Å². The number of allylic oxidation sites excluding steroid dienone is 2. The Morgan fingerprint density at radius 2 is 2.50 bits per heavy atom. The lowest BCUT2D eigenvalue weighted by Gasteiger charge is -1.93. The average Bonchev–Trinajstić information content (AvgIpc) is 2.22. The Labute approximate surface area is 55.9 Å². The zero-order valence-corrected chi connectivity index (χ0v) is 5.86. The highest BCUT2D eigenvalue weighted by Gasteiger charge is 2.64. The number of hydrogen-bond donors (Lipinski definition) is 0. The Balaban J connectivity index is 2.24. The quantitative estimate of drug-likeness (QED) is 0.393. The predicted octanol–water partition coefficient (Wildman–Crippen LogP) is 2.25. The van der Waals surface area contributed by atoms with Crippen molar-refractivity contribution in [1.29, 1.82) is 0 Å². The second-order valence-electron chi connectivity index (χ2n) is 2.47. The molecule has 1 saturated carbocycles. The van der Waals surface area contributed by atoms with E-state index < -0.39 is 4.58 Å². The van der Waals surface area contributed by atoms with Gasteiger partial charge >= 0.3 is 0 Å². The van der Waals surface area contributed by atoms with Crippen LogP contribution in [0.25, 0.3) is 0 Å². The molecule has 0 aromatic heterocycles. The van der Waals surface area contributed by atoms with Gasteiger partial charge in [-0.3, -0.25) is 0 Å². The van der Waals surface area contributed by atoms with Gasteiger partial charge in [0.25, 0.3) is 0 Å². The molecule has 8 heavy (non-hydrogen) atoms. The number of rotatable bonds is 0. The molecule has 0 heterocycles. The molecule has 2 rings (SSSR count). The summed E-state index contributed by atoms with van der Waals surface area (Å²) in [4.78, 5) is 0. The van der Waals surface area contributed by atoms with Crippen LogP contribution in [0.15, 0.2) is 12.2 Å². The maximum Gasteiger partial charge on any atom is 0.175 e. The molecule has 0 bridgehead atoms. The van der Waals surface area contributed by atoms with Crippen molar-refractivity contribution < 1.29 is 4.39 Å².